The predicted octanol–water partition coefficient (Wildman–Crippen LogP) is 3.01. The van der Waals surface area contributed by atoms with E-state index < -0.39 is 0 Å². The van der Waals surface area contributed by atoms with Gasteiger partial charge in [-0.15, -0.1) is 10.00 Å². The fourth-order valence-electron chi connectivity index (χ4n) is 0.201. The zero-order chi connectivity index (χ0) is 5.66. The molecule has 0 spiro atoms. The van der Waals surface area contributed by atoms with Crippen molar-refractivity contribution in [2.75, 3.05) is 0 Å². The van der Waals surface area contributed by atoms with Crippen LogP contribution in [0.25, 0.3) is 0 Å². The van der Waals surface area contributed by atoms with Crippen molar-refractivity contribution < 1.29 is 0 Å². The van der Waals surface area contributed by atoms with Crippen LogP contribution in [0.15, 0.2) is 32.5 Å². The number of nitrogens with zero attached hydrogens (tertiary/aromatic N) is 4. The summed E-state index contributed by atoms with van der Waals surface area (Å²) in [6.07, 6.45) is 1.60. The fourth-order valence-corrected chi connectivity index (χ4v) is 1.10. The minimum atomic E-state index is 0.900. The van der Waals surface area contributed by atoms with Crippen LogP contribution in [0.1, 0.15) is 0 Å². The molecule has 0 radical (unpaired) electrons. The third-order valence-electron chi connectivity index (χ3n) is 0.423. The van der Waals surface area contributed by atoms with Crippen LogP contribution in [0.3, 0.4) is 0 Å². The van der Waals surface area contributed by atoms with E-state index in [2.05, 4.69) is 20.4 Å². The second-order valence-electron chi connectivity index (χ2n) is 0.887. The Hall–Kier alpha value is -0.460. The molecule has 40 valence electrons. The van der Waals surface area contributed by atoms with Crippen LogP contribution >= 0.6 is 15.9 Å². The molecule has 0 amide bonds. The van der Waals surface area contributed by atoms with Gasteiger partial charge in [0.05, 0.1) is 14.2 Å². The lowest BCUT2D eigenvalue weighted by Gasteiger charge is -1.73. The molecule has 0 aromatic rings. The average molecular weight is 144 g/mol. The van der Waals surface area contributed by atoms with E-state index in [1.165, 1.54) is 0 Å². The molecule has 0 aromatic heterocycles. The van der Waals surface area contributed by atoms with Crippen molar-refractivity contribution >= 4 is 15.9 Å². The SMILES string of the molecule is C1=CP=PN=NN=N1. The summed E-state index contributed by atoms with van der Waals surface area (Å²) in [5, 5.41) is 10.2. The van der Waals surface area contributed by atoms with Crippen molar-refractivity contribution in [3.8, 4) is 0 Å². The summed E-state index contributed by atoms with van der Waals surface area (Å²) >= 11 is 0. The third kappa shape index (κ3) is 2.01. The lowest BCUT2D eigenvalue weighted by Crippen LogP contribution is -1.44. The van der Waals surface area contributed by atoms with Gasteiger partial charge in [-0.2, -0.15) is 0 Å². The molecule has 1 aliphatic rings. The first-order valence-corrected chi connectivity index (χ1v) is 4.37. The zero-order valence-corrected chi connectivity index (χ0v) is 5.63. The minimum absolute atomic E-state index is 0.900. The van der Waals surface area contributed by atoms with E-state index in [0.29, 0.717) is 0 Å². The molecule has 8 heavy (non-hydrogen) atoms. The molecule has 0 unspecified atom stereocenters. The summed E-state index contributed by atoms with van der Waals surface area (Å²) in [6, 6.07) is 0. The molecule has 1 rings (SSSR count). The highest BCUT2D eigenvalue weighted by atomic mass is 31.7. The van der Waals surface area contributed by atoms with Crippen LogP contribution in [0.2, 0.25) is 0 Å². The summed E-state index contributed by atoms with van der Waals surface area (Å²) in [7, 11) is 1.99. The quantitative estimate of drug-likeness (QED) is 0.469. The average Bonchev–Trinajstić information content (AvgIpc) is 1.62. The molecular formula is C2H2N4P2. The maximum Gasteiger partial charge on any atom is 0.0971 e. The smallest absolute Gasteiger partial charge is 0.0971 e. The molecule has 0 aromatic carbocycles. The van der Waals surface area contributed by atoms with Crippen molar-refractivity contribution in [2.45, 2.75) is 0 Å². The van der Waals surface area contributed by atoms with Crippen molar-refractivity contribution in [3.63, 3.8) is 0 Å². The molecule has 0 saturated carbocycles. The number of rotatable bonds is 0. The molecule has 6 heteroatoms. The van der Waals surface area contributed by atoms with Gasteiger partial charge in [-0.05, 0) is 24.1 Å². The van der Waals surface area contributed by atoms with Gasteiger partial charge in [0.1, 0.15) is 0 Å². The van der Waals surface area contributed by atoms with Crippen molar-refractivity contribution in [1.82, 2.24) is 0 Å². The zero-order valence-electron chi connectivity index (χ0n) is 3.84. The van der Waals surface area contributed by atoms with Crippen LogP contribution in [-0.4, -0.2) is 0 Å². The largest absolute Gasteiger partial charge is 0.137 e. The van der Waals surface area contributed by atoms with Gasteiger partial charge in [-0.3, -0.25) is 0 Å². The predicted molar refractivity (Wildman–Crippen MR) is 32.7 cm³/mol. The highest BCUT2D eigenvalue weighted by Crippen LogP contribution is 2.19. The van der Waals surface area contributed by atoms with E-state index in [-0.39, 0.29) is 0 Å². The molecule has 4 nitrogen and oxygen atoms in total. The highest BCUT2D eigenvalue weighted by molar-refractivity contribution is 7.84. The van der Waals surface area contributed by atoms with Gasteiger partial charge in [-0.1, -0.05) is 0 Å². The summed E-state index contributed by atoms with van der Waals surface area (Å²) in [5.41, 5.74) is 0. The Morgan fingerprint density at radius 1 is 1.25 bits per heavy atom. The maximum absolute atomic E-state index is 3.60. The normalized spacial score (nSPS) is 20.0. The van der Waals surface area contributed by atoms with E-state index >= 15 is 0 Å². The first kappa shape index (κ1) is 5.67. The Bertz CT molecular complexity index is 113. The van der Waals surface area contributed by atoms with Gasteiger partial charge >= 0.3 is 0 Å². The first-order chi connectivity index (χ1) is 4.00. The number of hydrogen-bond acceptors (Lipinski definition) is 4. The minimum Gasteiger partial charge on any atom is -0.137 e. The molecule has 1 heterocycles. The highest BCUT2D eigenvalue weighted by Gasteiger charge is 1.70. The van der Waals surface area contributed by atoms with E-state index in [1.807, 2.05) is 5.82 Å². The van der Waals surface area contributed by atoms with Gasteiger partial charge < -0.3 is 0 Å². The van der Waals surface area contributed by atoms with E-state index in [0.717, 1.165) is 15.9 Å². The lowest BCUT2D eigenvalue weighted by atomic mass is 11.1. The Morgan fingerprint density at radius 2 is 2.25 bits per heavy atom. The van der Waals surface area contributed by atoms with Crippen LogP contribution in [0.4, 0.5) is 0 Å². The summed E-state index contributed by atoms with van der Waals surface area (Å²) in [5.74, 6) is 1.86. The second-order valence-corrected chi connectivity index (χ2v) is 3.00. The van der Waals surface area contributed by atoms with Gasteiger partial charge in [0.2, 0.25) is 0 Å². The molecule has 0 bridgehead atoms. The molecule has 0 N–H and O–H groups in total. The molecule has 0 saturated heterocycles. The molecule has 1 aliphatic heterocycles. The van der Waals surface area contributed by atoms with E-state index in [9.17, 15) is 0 Å². The van der Waals surface area contributed by atoms with Gasteiger partial charge in [0, 0.05) is 0 Å². The van der Waals surface area contributed by atoms with Gasteiger partial charge in [0.25, 0.3) is 0 Å². The Balaban J connectivity index is 2.67. The Morgan fingerprint density at radius 3 is 3.25 bits per heavy atom. The standard InChI is InChI=1S/C2H2N4P2/c1-2-7-8-6-5-4-3-1/h1-2H. The molecular weight excluding hydrogens is 142 g/mol. The Kier molecular flexibility index (Phi) is 2.50. The van der Waals surface area contributed by atoms with E-state index in [1.54, 1.807) is 6.20 Å². The molecule has 0 atom stereocenters. The van der Waals surface area contributed by atoms with Crippen LogP contribution in [-0.2, 0) is 0 Å². The molecule has 0 fully saturated rings. The van der Waals surface area contributed by atoms with Crippen LogP contribution in [0.5, 0.6) is 0 Å². The lowest BCUT2D eigenvalue weighted by molar-refractivity contribution is 0.984. The fraction of sp³-hybridized carbons (Fsp3) is 0. The summed E-state index contributed by atoms with van der Waals surface area (Å²) in [4.78, 5) is 3.60. The summed E-state index contributed by atoms with van der Waals surface area (Å²) < 4.78 is 0. The monoisotopic (exact) mass is 144 g/mol. The van der Waals surface area contributed by atoms with Crippen molar-refractivity contribution in [2.24, 2.45) is 20.4 Å². The Labute approximate surface area is 49.2 Å². The first-order valence-electron chi connectivity index (χ1n) is 1.85. The van der Waals surface area contributed by atoms with Crippen LogP contribution < -0.4 is 0 Å². The van der Waals surface area contributed by atoms with Crippen molar-refractivity contribution in [1.29, 1.82) is 0 Å². The van der Waals surface area contributed by atoms with Crippen molar-refractivity contribution in [3.05, 3.63) is 12.0 Å². The van der Waals surface area contributed by atoms with Crippen LogP contribution in [0, 0.1) is 0 Å². The number of hydrogen-bond donors (Lipinski definition) is 0. The topological polar surface area (TPSA) is 49.4 Å². The second kappa shape index (κ2) is 3.53. The maximum atomic E-state index is 3.60. The molecule has 0 aliphatic carbocycles. The van der Waals surface area contributed by atoms with E-state index in [4.69, 9.17) is 0 Å². The van der Waals surface area contributed by atoms with Gasteiger partial charge in [0.15, 0.2) is 0 Å². The van der Waals surface area contributed by atoms with Gasteiger partial charge in [-0.25, -0.2) is 0 Å². The third-order valence-corrected chi connectivity index (χ3v) is 1.90. The summed E-state index contributed by atoms with van der Waals surface area (Å²) in [6.45, 7) is 0.